The van der Waals surface area contributed by atoms with Crippen molar-refractivity contribution in [2.45, 2.75) is 13.0 Å². The van der Waals surface area contributed by atoms with Crippen molar-refractivity contribution in [2.75, 3.05) is 40.8 Å². The van der Waals surface area contributed by atoms with Crippen LogP contribution in [0, 0.1) is 0 Å². The predicted octanol–water partition coefficient (Wildman–Crippen LogP) is 3.16. The molecule has 0 radical (unpaired) electrons. The number of aliphatic imine (C=N–C) groups is 1. The lowest BCUT2D eigenvalue weighted by atomic mass is 10.1. The first-order chi connectivity index (χ1) is 14.0. The Balaban J connectivity index is 0.00000450. The summed E-state index contributed by atoms with van der Waals surface area (Å²) in [6.07, 6.45) is 0.809. The first kappa shape index (κ1) is 26.2. The van der Waals surface area contributed by atoms with Crippen LogP contribution in [0.1, 0.15) is 21.5 Å². The van der Waals surface area contributed by atoms with Gasteiger partial charge in [-0.3, -0.25) is 9.79 Å². The molecule has 0 unspecified atom stereocenters. The second kappa shape index (κ2) is 14.2. The molecule has 0 aliphatic heterocycles. The normalized spacial score (nSPS) is 11.0. The van der Waals surface area contributed by atoms with E-state index in [9.17, 15) is 4.79 Å². The number of guanidine groups is 1. The molecule has 164 valence electrons. The second-order valence-electron chi connectivity index (χ2n) is 6.95. The quantitative estimate of drug-likeness (QED) is 0.258. The number of hydrogen-bond donors (Lipinski definition) is 3. The highest BCUT2D eigenvalue weighted by Crippen LogP contribution is 2.14. The third-order valence-corrected chi connectivity index (χ3v) is 4.73. The fourth-order valence-corrected chi connectivity index (χ4v) is 2.97. The summed E-state index contributed by atoms with van der Waals surface area (Å²) in [6, 6.07) is 15.4. The van der Waals surface area contributed by atoms with Gasteiger partial charge in [0.2, 0.25) is 0 Å². The van der Waals surface area contributed by atoms with Crippen molar-refractivity contribution in [1.82, 2.24) is 20.9 Å². The molecule has 0 spiro atoms. The van der Waals surface area contributed by atoms with Crippen LogP contribution < -0.4 is 16.0 Å². The Morgan fingerprint density at radius 3 is 2.50 bits per heavy atom. The molecule has 0 atom stereocenters. The molecule has 0 bridgehead atoms. The van der Waals surface area contributed by atoms with Gasteiger partial charge in [0.25, 0.3) is 5.91 Å². The van der Waals surface area contributed by atoms with Crippen LogP contribution in [0.25, 0.3) is 0 Å². The van der Waals surface area contributed by atoms with Gasteiger partial charge in [-0.1, -0.05) is 41.9 Å². The van der Waals surface area contributed by atoms with Crippen LogP contribution in [0.4, 0.5) is 0 Å². The smallest absolute Gasteiger partial charge is 0.251 e. The minimum Gasteiger partial charge on any atom is -0.356 e. The summed E-state index contributed by atoms with van der Waals surface area (Å²) in [7, 11) is 5.70. The Hall–Kier alpha value is -1.84. The molecule has 2 aromatic carbocycles. The van der Waals surface area contributed by atoms with E-state index in [-0.39, 0.29) is 29.9 Å². The largest absolute Gasteiger partial charge is 0.356 e. The highest BCUT2D eigenvalue weighted by Gasteiger charge is 2.07. The minimum atomic E-state index is -0.0593. The standard InChI is InChI=1S/C22H30ClN5O.HI/c1-24-22(26-12-11-18-8-4-5-10-20(18)23)27-16-17-7-6-9-19(15-17)21(29)25-13-14-28(2)3;/h4-10,15H,11-14,16H2,1-3H3,(H,25,29)(H2,24,26,27);1H. The number of benzene rings is 2. The molecule has 30 heavy (non-hydrogen) atoms. The highest BCUT2D eigenvalue weighted by atomic mass is 127. The Bertz CT molecular complexity index is 829. The van der Waals surface area contributed by atoms with Gasteiger partial charge in [-0.05, 0) is 49.8 Å². The molecule has 0 aromatic heterocycles. The topological polar surface area (TPSA) is 68.8 Å². The Labute approximate surface area is 201 Å². The van der Waals surface area contributed by atoms with Gasteiger partial charge in [0.05, 0.1) is 0 Å². The van der Waals surface area contributed by atoms with Gasteiger partial charge in [0.1, 0.15) is 0 Å². The van der Waals surface area contributed by atoms with E-state index in [1.54, 1.807) is 7.05 Å². The number of likely N-dealkylation sites (N-methyl/N-ethyl adjacent to an activating group) is 1. The summed E-state index contributed by atoms with van der Waals surface area (Å²) < 4.78 is 0. The summed E-state index contributed by atoms with van der Waals surface area (Å²) in [6.45, 7) is 2.72. The van der Waals surface area contributed by atoms with Crippen LogP contribution in [0.5, 0.6) is 0 Å². The van der Waals surface area contributed by atoms with E-state index in [0.29, 0.717) is 24.6 Å². The molecule has 2 rings (SSSR count). The zero-order valence-electron chi connectivity index (χ0n) is 17.7. The lowest BCUT2D eigenvalue weighted by Gasteiger charge is -2.13. The minimum absolute atomic E-state index is 0. The van der Waals surface area contributed by atoms with Crippen molar-refractivity contribution >= 4 is 47.4 Å². The van der Waals surface area contributed by atoms with E-state index in [1.807, 2.05) is 67.5 Å². The summed E-state index contributed by atoms with van der Waals surface area (Å²) in [5, 5.41) is 10.3. The maximum atomic E-state index is 12.3. The monoisotopic (exact) mass is 543 g/mol. The number of halogens is 2. The van der Waals surface area contributed by atoms with E-state index in [0.717, 1.165) is 35.7 Å². The van der Waals surface area contributed by atoms with Gasteiger partial charge in [0.15, 0.2) is 5.96 Å². The third kappa shape index (κ3) is 9.32. The second-order valence-corrected chi connectivity index (χ2v) is 7.36. The van der Waals surface area contributed by atoms with Gasteiger partial charge in [-0.15, -0.1) is 24.0 Å². The van der Waals surface area contributed by atoms with E-state index >= 15 is 0 Å². The molecule has 0 fully saturated rings. The van der Waals surface area contributed by atoms with Gasteiger partial charge >= 0.3 is 0 Å². The van der Waals surface area contributed by atoms with Crippen molar-refractivity contribution in [3.05, 3.63) is 70.2 Å². The first-order valence-electron chi connectivity index (χ1n) is 9.69. The molecule has 0 saturated carbocycles. The zero-order chi connectivity index (χ0) is 21.1. The van der Waals surface area contributed by atoms with Gasteiger partial charge in [-0.2, -0.15) is 0 Å². The number of hydrogen-bond acceptors (Lipinski definition) is 3. The van der Waals surface area contributed by atoms with Crippen molar-refractivity contribution in [3.63, 3.8) is 0 Å². The molecule has 2 aromatic rings. The number of carbonyl (C=O) groups excluding carboxylic acids is 1. The van der Waals surface area contributed by atoms with E-state index in [4.69, 9.17) is 11.6 Å². The average molecular weight is 544 g/mol. The van der Waals surface area contributed by atoms with Crippen molar-refractivity contribution in [2.24, 2.45) is 4.99 Å². The molecule has 0 aliphatic carbocycles. The summed E-state index contributed by atoms with van der Waals surface area (Å²) in [4.78, 5) is 18.6. The summed E-state index contributed by atoms with van der Waals surface area (Å²) in [5.74, 6) is 0.647. The fourth-order valence-electron chi connectivity index (χ4n) is 2.74. The van der Waals surface area contributed by atoms with Gasteiger partial charge in [0, 0.05) is 43.8 Å². The summed E-state index contributed by atoms with van der Waals surface area (Å²) >= 11 is 6.19. The Morgan fingerprint density at radius 1 is 1.03 bits per heavy atom. The molecule has 0 saturated heterocycles. The maximum absolute atomic E-state index is 12.3. The SMILES string of the molecule is CN=C(NCCc1ccccc1Cl)NCc1cccc(C(=O)NCCN(C)C)c1.I. The van der Waals surface area contributed by atoms with Crippen molar-refractivity contribution in [3.8, 4) is 0 Å². The van der Waals surface area contributed by atoms with E-state index in [1.165, 1.54) is 0 Å². The van der Waals surface area contributed by atoms with E-state index in [2.05, 4.69) is 20.9 Å². The Morgan fingerprint density at radius 2 is 1.80 bits per heavy atom. The van der Waals surface area contributed by atoms with Crippen LogP contribution in [-0.4, -0.2) is 57.5 Å². The molecular formula is C22H31ClIN5O. The predicted molar refractivity (Wildman–Crippen MR) is 136 cm³/mol. The highest BCUT2D eigenvalue weighted by molar-refractivity contribution is 14.0. The lowest BCUT2D eigenvalue weighted by Crippen LogP contribution is -2.38. The number of nitrogens with one attached hydrogen (secondary N) is 3. The van der Waals surface area contributed by atoms with Crippen molar-refractivity contribution < 1.29 is 4.79 Å². The first-order valence-corrected chi connectivity index (χ1v) is 10.1. The molecule has 0 aliphatic rings. The Kier molecular flexibility index (Phi) is 12.4. The lowest BCUT2D eigenvalue weighted by molar-refractivity contribution is 0.0951. The van der Waals surface area contributed by atoms with Gasteiger partial charge in [-0.25, -0.2) is 0 Å². The zero-order valence-corrected chi connectivity index (χ0v) is 20.8. The van der Waals surface area contributed by atoms with Crippen molar-refractivity contribution in [1.29, 1.82) is 0 Å². The summed E-state index contributed by atoms with van der Waals surface area (Å²) in [5.41, 5.74) is 2.77. The molecule has 6 nitrogen and oxygen atoms in total. The van der Waals surface area contributed by atoms with Crippen LogP contribution in [0.15, 0.2) is 53.5 Å². The van der Waals surface area contributed by atoms with Crippen LogP contribution in [-0.2, 0) is 13.0 Å². The van der Waals surface area contributed by atoms with Gasteiger partial charge < -0.3 is 20.9 Å². The van der Waals surface area contributed by atoms with Crippen LogP contribution in [0.3, 0.4) is 0 Å². The van der Waals surface area contributed by atoms with Crippen LogP contribution >= 0.6 is 35.6 Å². The number of carbonyl (C=O) groups is 1. The van der Waals surface area contributed by atoms with E-state index < -0.39 is 0 Å². The number of rotatable bonds is 9. The third-order valence-electron chi connectivity index (χ3n) is 4.36. The molecule has 8 heteroatoms. The fraction of sp³-hybridized carbons (Fsp3) is 0.364. The molecular weight excluding hydrogens is 513 g/mol. The van der Waals surface area contributed by atoms with Crippen LogP contribution in [0.2, 0.25) is 5.02 Å². The molecule has 3 N–H and O–H groups in total. The average Bonchev–Trinajstić information content (AvgIpc) is 2.71. The number of amides is 1. The molecule has 0 heterocycles. The number of nitrogens with zero attached hydrogens (tertiary/aromatic N) is 2. The maximum Gasteiger partial charge on any atom is 0.251 e. The molecule has 1 amide bonds.